The van der Waals surface area contributed by atoms with E-state index in [4.69, 9.17) is 10.5 Å². The molecule has 118 valence electrons. The molecule has 3 N–H and O–H groups in total. The van der Waals surface area contributed by atoms with Crippen molar-refractivity contribution in [3.8, 4) is 0 Å². The summed E-state index contributed by atoms with van der Waals surface area (Å²) in [5.74, 6) is 0. The molecule has 0 spiro atoms. The molecular formula is C13H18Br2N2O3S. The van der Waals surface area contributed by atoms with Crippen LogP contribution in [0, 0.1) is 6.92 Å². The first kappa shape index (κ1) is 17.4. The van der Waals surface area contributed by atoms with Crippen molar-refractivity contribution in [1.82, 2.24) is 4.72 Å². The third-order valence-corrected chi connectivity index (χ3v) is 6.81. The molecule has 0 heterocycles. The van der Waals surface area contributed by atoms with E-state index in [-0.39, 0.29) is 23.1 Å². The Balaban J connectivity index is 2.25. The Morgan fingerprint density at radius 2 is 2.05 bits per heavy atom. The lowest BCUT2D eigenvalue weighted by molar-refractivity contribution is -0.0248. The van der Waals surface area contributed by atoms with Crippen LogP contribution in [0.15, 0.2) is 26.0 Å². The SMILES string of the molecule is CCOC1CC(N)C1NS(=O)(=O)c1cc(Br)c(C)cc1Br. The van der Waals surface area contributed by atoms with Crippen molar-refractivity contribution in [2.75, 3.05) is 6.61 Å². The molecule has 1 fully saturated rings. The van der Waals surface area contributed by atoms with Crippen molar-refractivity contribution < 1.29 is 13.2 Å². The van der Waals surface area contributed by atoms with E-state index in [0.717, 1.165) is 10.0 Å². The normalized spacial score (nSPS) is 25.7. The third kappa shape index (κ3) is 3.68. The Bertz CT molecular complexity index is 635. The summed E-state index contributed by atoms with van der Waals surface area (Å²) in [6.45, 7) is 4.31. The van der Waals surface area contributed by atoms with E-state index in [0.29, 0.717) is 17.5 Å². The second kappa shape index (κ2) is 6.64. The molecule has 1 saturated carbocycles. The first-order valence-electron chi connectivity index (χ1n) is 6.61. The standard InChI is InChI=1S/C13H18Br2N2O3S/c1-3-20-11-6-10(16)13(11)17-21(18,19)12-5-8(14)7(2)4-9(12)15/h4-5,10-11,13,17H,3,6,16H2,1-2H3. The zero-order valence-corrected chi connectivity index (χ0v) is 15.8. The van der Waals surface area contributed by atoms with E-state index in [1.165, 1.54) is 0 Å². The van der Waals surface area contributed by atoms with Crippen LogP contribution in [0.2, 0.25) is 0 Å². The lowest BCUT2D eigenvalue weighted by atomic mass is 9.84. The molecule has 8 heteroatoms. The first-order chi connectivity index (χ1) is 9.76. The quantitative estimate of drug-likeness (QED) is 0.734. The smallest absolute Gasteiger partial charge is 0.242 e. The first-order valence-corrected chi connectivity index (χ1v) is 9.68. The molecule has 0 saturated heterocycles. The molecule has 0 amide bonds. The van der Waals surface area contributed by atoms with Crippen LogP contribution in [0.25, 0.3) is 0 Å². The van der Waals surface area contributed by atoms with Gasteiger partial charge >= 0.3 is 0 Å². The Morgan fingerprint density at radius 3 is 2.62 bits per heavy atom. The molecule has 1 aromatic rings. The zero-order valence-electron chi connectivity index (χ0n) is 11.8. The molecule has 21 heavy (non-hydrogen) atoms. The fourth-order valence-corrected chi connectivity index (χ4v) is 5.26. The van der Waals surface area contributed by atoms with E-state index < -0.39 is 10.0 Å². The molecular weight excluding hydrogens is 424 g/mol. The highest BCUT2D eigenvalue weighted by Crippen LogP contribution is 2.30. The molecule has 1 aliphatic carbocycles. The summed E-state index contributed by atoms with van der Waals surface area (Å²) in [7, 11) is -3.66. The van der Waals surface area contributed by atoms with Gasteiger partial charge in [-0.05, 0) is 53.9 Å². The van der Waals surface area contributed by atoms with Gasteiger partial charge in [-0.2, -0.15) is 0 Å². The lowest BCUT2D eigenvalue weighted by Crippen LogP contribution is -2.64. The van der Waals surface area contributed by atoms with Crippen LogP contribution in [-0.4, -0.2) is 33.2 Å². The van der Waals surface area contributed by atoms with E-state index in [2.05, 4.69) is 36.6 Å². The summed E-state index contributed by atoms with van der Waals surface area (Å²) in [5, 5.41) is 0. The van der Waals surface area contributed by atoms with Crippen LogP contribution < -0.4 is 10.5 Å². The van der Waals surface area contributed by atoms with Crippen LogP contribution in [0.5, 0.6) is 0 Å². The van der Waals surface area contributed by atoms with Gasteiger partial charge in [0.2, 0.25) is 10.0 Å². The molecule has 1 aromatic carbocycles. The number of nitrogens with one attached hydrogen (secondary N) is 1. The van der Waals surface area contributed by atoms with Crippen LogP contribution in [0.3, 0.4) is 0 Å². The maximum atomic E-state index is 12.5. The molecule has 3 unspecified atom stereocenters. The minimum atomic E-state index is -3.66. The zero-order chi connectivity index (χ0) is 15.8. The maximum absolute atomic E-state index is 12.5. The fourth-order valence-electron chi connectivity index (χ4n) is 2.27. The summed E-state index contributed by atoms with van der Waals surface area (Å²) in [4.78, 5) is 0.189. The Labute approximate surface area is 141 Å². The van der Waals surface area contributed by atoms with Gasteiger partial charge in [-0.3, -0.25) is 0 Å². The number of halogens is 2. The van der Waals surface area contributed by atoms with Gasteiger partial charge in [-0.15, -0.1) is 0 Å². The van der Waals surface area contributed by atoms with Crippen molar-refractivity contribution in [3.05, 3.63) is 26.6 Å². The Hall–Kier alpha value is 0.01000. The predicted molar refractivity (Wildman–Crippen MR) is 88.7 cm³/mol. The number of aryl methyl sites for hydroxylation is 1. The Morgan fingerprint density at radius 1 is 1.38 bits per heavy atom. The highest BCUT2D eigenvalue weighted by molar-refractivity contribution is 9.11. The second-order valence-electron chi connectivity index (χ2n) is 5.07. The summed E-state index contributed by atoms with van der Waals surface area (Å²) in [6.07, 6.45) is 0.507. The molecule has 1 aliphatic rings. The minimum Gasteiger partial charge on any atom is -0.377 e. The summed E-state index contributed by atoms with van der Waals surface area (Å²) in [6, 6.07) is 2.74. The molecule has 5 nitrogen and oxygen atoms in total. The highest BCUT2D eigenvalue weighted by atomic mass is 79.9. The topological polar surface area (TPSA) is 81.4 Å². The van der Waals surface area contributed by atoms with Crippen molar-refractivity contribution in [2.24, 2.45) is 5.73 Å². The number of hydrogen-bond donors (Lipinski definition) is 2. The average Bonchev–Trinajstić information content (AvgIpc) is 2.40. The predicted octanol–water partition coefficient (Wildman–Crippen LogP) is 2.30. The Kier molecular flexibility index (Phi) is 5.49. The fraction of sp³-hybridized carbons (Fsp3) is 0.538. The monoisotopic (exact) mass is 440 g/mol. The van der Waals surface area contributed by atoms with Crippen molar-refractivity contribution in [1.29, 1.82) is 0 Å². The maximum Gasteiger partial charge on any atom is 0.242 e. The van der Waals surface area contributed by atoms with E-state index in [1.54, 1.807) is 12.1 Å². The van der Waals surface area contributed by atoms with Gasteiger partial charge in [-0.1, -0.05) is 15.9 Å². The largest absolute Gasteiger partial charge is 0.377 e. The van der Waals surface area contributed by atoms with E-state index in [1.807, 2.05) is 13.8 Å². The van der Waals surface area contributed by atoms with E-state index >= 15 is 0 Å². The lowest BCUT2D eigenvalue weighted by Gasteiger charge is -2.42. The van der Waals surface area contributed by atoms with Crippen LogP contribution >= 0.6 is 31.9 Å². The van der Waals surface area contributed by atoms with Gasteiger partial charge in [-0.25, -0.2) is 13.1 Å². The number of hydrogen-bond acceptors (Lipinski definition) is 4. The van der Waals surface area contributed by atoms with Gasteiger partial charge in [0, 0.05) is 21.6 Å². The number of rotatable bonds is 5. The van der Waals surface area contributed by atoms with Gasteiger partial charge in [0.15, 0.2) is 0 Å². The van der Waals surface area contributed by atoms with Gasteiger partial charge in [0.25, 0.3) is 0 Å². The summed E-state index contributed by atoms with van der Waals surface area (Å²) in [5.41, 5.74) is 6.85. The average molecular weight is 442 g/mol. The molecule has 3 atom stereocenters. The molecule has 0 radical (unpaired) electrons. The second-order valence-corrected chi connectivity index (χ2v) is 8.46. The van der Waals surface area contributed by atoms with Crippen LogP contribution in [0.1, 0.15) is 18.9 Å². The van der Waals surface area contributed by atoms with Crippen molar-refractivity contribution in [2.45, 2.75) is 43.4 Å². The summed E-state index contributed by atoms with van der Waals surface area (Å²) >= 11 is 6.66. The van der Waals surface area contributed by atoms with Crippen molar-refractivity contribution in [3.63, 3.8) is 0 Å². The van der Waals surface area contributed by atoms with Crippen LogP contribution in [-0.2, 0) is 14.8 Å². The molecule has 0 aromatic heterocycles. The summed E-state index contributed by atoms with van der Waals surface area (Å²) < 4.78 is 34.5. The molecule has 0 aliphatic heterocycles. The highest BCUT2D eigenvalue weighted by Gasteiger charge is 2.42. The third-order valence-electron chi connectivity index (χ3n) is 3.54. The number of nitrogens with two attached hydrogens (primary N) is 1. The minimum absolute atomic E-state index is 0.160. The molecule has 0 bridgehead atoms. The molecule has 2 rings (SSSR count). The van der Waals surface area contributed by atoms with Gasteiger partial charge in [0.1, 0.15) is 0 Å². The van der Waals surface area contributed by atoms with Crippen molar-refractivity contribution >= 4 is 41.9 Å². The van der Waals surface area contributed by atoms with Crippen LogP contribution in [0.4, 0.5) is 0 Å². The number of sulfonamides is 1. The van der Waals surface area contributed by atoms with E-state index in [9.17, 15) is 8.42 Å². The van der Waals surface area contributed by atoms with Gasteiger partial charge < -0.3 is 10.5 Å². The van der Waals surface area contributed by atoms with Gasteiger partial charge in [0.05, 0.1) is 17.0 Å². The number of benzene rings is 1. The number of ether oxygens (including phenoxy) is 1.